The molecule has 0 spiro atoms. The van der Waals surface area contributed by atoms with E-state index in [2.05, 4.69) is 4.90 Å². The van der Waals surface area contributed by atoms with E-state index in [1.54, 1.807) is 6.07 Å². The Labute approximate surface area is 126 Å². The van der Waals surface area contributed by atoms with E-state index in [4.69, 9.17) is 17.3 Å². The molecule has 1 aliphatic rings. The van der Waals surface area contributed by atoms with Crippen LogP contribution >= 0.6 is 23.4 Å². The van der Waals surface area contributed by atoms with Crippen LogP contribution < -0.4 is 10.6 Å². The molecule has 0 saturated carbocycles. The van der Waals surface area contributed by atoms with Gasteiger partial charge in [-0.25, -0.2) is 4.39 Å². The number of nitrogens with two attached hydrogens (primary N) is 1. The van der Waals surface area contributed by atoms with E-state index in [0.717, 1.165) is 29.2 Å². The van der Waals surface area contributed by atoms with E-state index in [-0.39, 0.29) is 5.82 Å². The minimum absolute atomic E-state index is 0.261. The molecule has 2 aromatic rings. The van der Waals surface area contributed by atoms with Crippen LogP contribution in [0.25, 0.3) is 0 Å². The van der Waals surface area contributed by atoms with Crippen LogP contribution in [0, 0.1) is 5.82 Å². The van der Waals surface area contributed by atoms with Gasteiger partial charge in [0.15, 0.2) is 0 Å². The van der Waals surface area contributed by atoms with E-state index in [9.17, 15) is 4.39 Å². The molecule has 1 heterocycles. The average Bonchev–Trinajstić information content (AvgIpc) is 2.43. The monoisotopic (exact) mass is 308 g/mol. The zero-order chi connectivity index (χ0) is 14.1. The highest BCUT2D eigenvalue weighted by Gasteiger charge is 2.18. The fourth-order valence-electron chi connectivity index (χ4n) is 2.32. The van der Waals surface area contributed by atoms with E-state index >= 15 is 0 Å². The van der Waals surface area contributed by atoms with Crippen molar-refractivity contribution in [3.8, 4) is 0 Å². The van der Waals surface area contributed by atoms with Gasteiger partial charge >= 0.3 is 0 Å². The molecule has 2 nitrogen and oxygen atoms in total. The summed E-state index contributed by atoms with van der Waals surface area (Å²) in [5, 5.41) is 0.593. The smallest absolute Gasteiger partial charge is 0.123 e. The van der Waals surface area contributed by atoms with E-state index in [0.29, 0.717) is 11.6 Å². The van der Waals surface area contributed by atoms with Crippen molar-refractivity contribution in [2.45, 2.75) is 11.4 Å². The van der Waals surface area contributed by atoms with Crippen LogP contribution in [-0.2, 0) is 6.54 Å². The minimum atomic E-state index is -0.261. The number of anilines is 2. The van der Waals surface area contributed by atoms with Crippen molar-refractivity contribution < 1.29 is 4.39 Å². The molecule has 1 aliphatic heterocycles. The number of nitrogen functional groups attached to an aromatic ring is 1. The SMILES string of the molecule is Nc1ccc2c(c1)N(Cc1cc(F)ccc1Cl)CCS2. The predicted octanol–water partition coefficient (Wildman–Crippen LogP) is 4.17. The van der Waals surface area contributed by atoms with E-state index in [1.165, 1.54) is 17.0 Å². The van der Waals surface area contributed by atoms with Gasteiger partial charge in [-0.2, -0.15) is 0 Å². The molecule has 0 unspecified atom stereocenters. The molecule has 0 fully saturated rings. The van der Waals surface area contributed by atoms with Crippen LogP contribution in [0.2, 0.25) is 5.02 Å². The van der Waals surface area contributed by atoms with Crippen LogP contribution in [0.5, 0.6) is 0 Å². The van der Waals surface area contributed by atoms with Crippen molar-refractivity contribution >= 4 is 34.7 Å². The van der Waals surface area contributed by atoms with Crippen LogP contribution in [0.15, 0.2) is 41.3 Å². The first-order chi connectivity index (χ1) is 9.63. The minimum Gasteiger partial charge on any atom is -0.399 e. The topological polar surface area (TPSA) is 29.3 Å². The van der Waals surface area contributed by atoms with Crippen molar-refractivity contribution in [1.29, 1.82) is 0 Å². The van der Waals surface area contributed by atoms with Crippen molar-refractivity contribution in [1.82, 2.24) is 0 Å². The zero-order valence-corrected chi connectivity index (χ0v) is 12.3. The fraction of sp³-hybridized carbons (Fsp3) is 0.200. The third-order valence-electron chi connectivity index (χ3n) is 3.31. The van der Waals surface area contributed by atoms with Gasteiger partial charge in [-0.15, -0.1) is 11.8 Å². The molecule has 0 amide bonds. The quantitative estimate of drug-likeness (QED) is 0.844. The highest BCUT2D eigenvalue weighted by molar-refractivity contribution is 7.99. The lowest BCUT2D eigenvalue weighted by Crippen LogP contribution is -2.28. The molecule has 20 heavy (non-hydrogen) atoms. The van der Waals surface area contributed by atoms with Gasteiger partial charge in [0.05, 0.1) is 5.69 Å². The number of nitrogens with zero attached hydrogens (tertiary/aromatic N) is 1. The maximum absolute atomic E-state index is 13.4. The molecule has 2 N–H and O–H groups in total. The largest absolute Gasteiger partial charge is 0.399 e. The first kappa shape index (κ1) is 13.6. The van der Waals surface area contributed by atoms with Gasteiger partial charge in [0.1, 0.15) is 5.82 Å². The van der Waals surface area contributed by atoms with Gasteiger partial charge in [0, 0.05) is 34.4 Å². The van der Waals surface area contributed by atoms with Crippen LogP contribution in [0.1, 0.15) is 5.56 Å². The lowest BCUT2D eigenvalue weighted by molar-refractivity contribution is 0.624. The van der Waals surface area contributed by atoms with Gasteiger partial charge < -0.3 is 10.6 Å². The molecule has 0 bridgehead atoms. The molecular weight excluding hydrogens is 295 g/mol. The third-order valence-corrected chi connectivity index (χ3v) is 4.72. The Kier molecular flexibility index (Phi) is 3.76. The highest BCUT2D eigenvalue weighted by Crippen LogP contribution is 2.37. The van der Waals surface area contributed by atoms with Crippen LogP contribution in [-0.4, -0.2) is 12.3 Å². The van der Waals surface area contributed by atoms with Crippen molar-refractivity contribution in [3.63, 3.8) is 0 Å². The molecule has 2 aromatic carbocycles. The summed E-state index contributed by atoms with van der Waals surface area (Å²) in [4.78, 5) is 3.40. The number of benzene rings is 2. The van der Waals surface area contributed by atoms with Crippen molar-refractivity contribution in [2.24, 2.45) is 0 Å². The number of fused-ring (bicyclic) bond motifs is 1. The molecule has 0 atom stereocenters. The Morgan fingerprint density at radius 1 is 1.25 bits per heavy atom. The second-order valence-corrected chi connectivity index (χ2v) is 6.28. The highest BCUT2D eigenvalue weighted by atomic mass is 35.5. The maximum atomic E-state index is 13.4. The Morgan fingerprint density at radius 2 is 2.10 bits per heavy atom. The number of hydrogen-bond acceptors (Lipinski definition) is 3. The second kappa shape index (κ2) is 5.54. The zero-order valence-electron chi connectivity index (χ0n) is 10.8. The standard InChI is InChI=1S/C15H14ClFN2S/c16-13-3-1-11(17)7-10(13)9-19-5-6-20-15-4-2-12(18)8-14(15)19/h1-4,7-8H,5-6,9,18H2. The first-order valence-electron chi connectivity index (χ1n) is 6.35. The molecule has 0 aliphatic carbocycles. The maximum Gasteiger partial charge on any atom is 0.123 e. The summed E-state index contributed by atoms with van der Waals surface area (Å²) in [5.74, 6) is 0.743. The number of halogens is 2. The van der Waals surface area contributed by atoms with E-state index < -0.39 is 0 Å². The van der Waals surface area contributed by atoms with Gasteiger partial charge in [-0.3, -0.25) is 0 Å². The van der Waals surface area contributed by atoms with Crippen molar-refractivity contribution in [3.05, 3.63) is 52.8 Å². The second-order valence-electron chi connectivity index (χ2n) is 4.73. The average molecular weight is 309 g/mol. The fourth-order valence-corrected chi connectivity index (χ4v) is 3.53. The Balaban J connectivity index is 1.93. The molecule has 104 valence electrons. The van der Waals surface area contributed by atoms with Gasteiger partial charge in [0.25, 0.3) is 0 Å². The Bertz CT molecular complexity index is 648. The normalized spacial score (nSPS) is 14.2. The predicted molar refractivity (Wildman–Crippen MR) is 84.0 cm³/mol. The molecule has 0 saturated heterocycles. The van der Waals surface area contributed by atoms with Gasteiger partial charge in [-0.1, -0.05) is 11.6 Å². The molecule has 0 aromatic heterocycles. The lowest BCUT2D eigenvalue weighted by Gasteiger charge is -2.31. The van der Waals surface area contributed by atoms with Gasteiger partial charge in [0.2, 0.25) is 0 Å². The van der Waals surface area contributed by atoms with Crippen LogP contribution in [0.3, 0.4) is 0 Å². The molecule has 3 rings (SSSR count). The number of hydrogen-bond donors (Lipinski definition) is 1. The van der Waals surface area contributed by atoms with Gasteiger partial charge in [-0.05, 0) is 42.0 Å². The third kappa shape index (κ3) is 2.72. The summed E-state index contributed by atoms with van der Waals surface area (Å²) in [7, 11) is 0. The summed E-state index contributed by atoms with van der Waals surface area (Å²) in [6, 6.07) is 10.4. The number of thioether (sulfide) groups is 1. The first-order valence-corrected chi connectivity index (χ1v) is 7.71. The van der Waals surface area contributed by atoms with Crippen molar-refractivity contribution in [2.75, 3.05) is 22.9 Å². The summed E-state index contributed by atoms with van der Waals surface area (Å²) in [6.45, 7) is 1.49. The summed E-state index contributed by atoms with van der Waals surface area (Å²) in [5.41, 5.74) is 8.50. The van der Waals surface area contributed by atoms with E-state index in [1.807, 2.05) is 30.0 Å². The molecule has 0 radical (unpaired) electrons. The molecular formula is C15H14ClFN2S. The Hall–Kier alpha value is -1.39. The summed E-state index contributed by atoms with van der Waals surface area (Å²) < 4.78 is 13.4. The van der Waals surface area contributed by atoms with Crippen LogP contribution in [0.4, 0.5) is 15.8 Å². The summed E-state index contributed by atoms with van der Waals surface area (Å²) in [6.07, 6.45) is 0. The molecule has 5 heteroatoms. The summed E-state index contributed by atoms with van der Waals surface area (Å²) >= 11 is 7.97. The Morgan fingerprint density at radius 3 is 2.95 bits per heavy atom. The lowest BCUT2D eigenvalue weighted by atomic mass is 10.1. The number of rotatable bonds is 2.